The molecule has 2 aromatic rings. The number of piperidine rings is 1. The summed E-state index contributed by atoms with van der Waals surface area (Å²) in [4.78, 5) is 13.2. The molecule has 8 heteroatoms. The number of nitrogens with zero attached hydrogens (tertiary/aromatic N) is 3. The Morgan fingerprint density at radius 2 is 2.16 bits per heavy atom. The van der Waals surface area contributed by atoms with E-state index in [0.29, 0.717) is 24.9 Å². The minimum atomic E-state index is -0.495. The Labute approximate surface area is 146 Å². The Kier molecular flexibility index (Phi) is 5.49. The molecule has 1 aromatic carbocycles. The molecule has 2 amide bonds. The van der Waals surface area contributed by atoms with E-state index in [2.05, 4.69) is 20.4 Å². The summed E-state index contributed by atoms with van der Waals surface area (Å²) < 4.78 is 11.0. The summed E-state index contributed by atoms with van der Waals surface area (Å²) in [5.74, 6) is 1.83. The average Bonchev–Trinajstić information content (AvgIpc) is 3.09. The highest BCUT2D eigenvalue weighted by molar-refractivity contribution is 5.71. The zero-order chi connectivity index (χ0) is 17.6. The van der Waals surface area contributed by atoms with Crippen LogP contribution in [-0.2, 0) is 6.54 Å². The van der Waals surface area contributed by atoms with E-state index in [-0.39, 0.29) is 6.04 Å². The van der Waals surface area contributed by atoms with Gasteiger partial charge in [-0.15, -0.1) is 10.2 Å². The van der Waals surface area contributed by atoms with Gasteiger partial charge in [0.2, 0.25) is 11.8 Å². The molecule has 1 aromatic heterocycles. The SMILES string of the molecule is COc1ccc(-c2nnc(CN3CCCCC3CNC(N)=O)o2)cc1. The highest BCUT2D eigenvalue weighted by atomic mass is 16.5. The number of aromatic nitrogens is 2. The van der Waals surface area contributed by atoms with Gasteiger partial charge >= 0.3 is 6.03 Å². The van der Waals surface area contributed by atoms with Crippen LogP contribution >= 0.6 is 0 Å². The number of carbonyl (C=O) groups is 1. The number of hydrogen-bond acceptors (Lipinski definition) is 6. The van der Waals surface area contributed by atoms with Crippen molar-refractivity contribution in [2.45, 2.75) is 31.8 Å². The zero-order valence-corrected chi connectivity index (χ0v) is 14.3. The van der Waals surface area contributed by atoms with Crippen LogP contribution in [0.2, 0.25) is 0 Å². The molecule has 0 spiro atoms. The van der Waals surface area contributed by atoms with Crippen LogP contribution in [0.25, 0.3) is 11.5 Å². The maximum atomic E-state index is 11.0. The smallest absolute Gasteiger partial charge is 0.312 e. The number of nitrogens with two attached hydrogens (primary N) is 1. The first kappa shape index (κ1) is 17.2. The van der Waals surface area contributed by atoms with E-state index in [4.69, 9.17) is 14.9 Å². The molecule has 1 unspecified atom stereocenters. The van der Waals surface area contributed by atoms with E-state index >= 15 is 0 Å². The van der Waals surface area contributed by atoms with Crippen molar-refractivity contribution in [3.63, 3.8) is 0 Å². The van der Waals surface area contributed by atoms with Gasteiger partial charge in [0, 0.05) is 18.2 Å². The highest BCUT2D eigenvalue weighted by Crippen LogP contribution is 2.23. The summed E-state index contributed by atoms with van der Waals surface area (Å²) in [5.41, 5.74) is 6.03. The first-order valence-electron chi connectivity index (χ1n) is 8.40. The second kappa shape index (κ2) is 7.98. The zero-order valence-electron chi connectivity index (χ0n) is 14.3. The Hall–Kier alpha value is -2.61. The Morgan fingerprint density at radius 3 is 2.88 bits per heavy atom. The molecule has 0 radical (unpaired) electrons. The lowest BCUT2D eigenvalue weighted by molar-refractivity contribution is 0.127. The Morgan fingerprint density at radius 1 is 1.36 bits per heavy atom. The fourth-order valence-electron chi connectivity index (χ4n) is 3.06. The van der Waals surface area contributed by atoms with Gasteiger partial charge in [-0.05, 0) is 43.7 Å². The summed E-state index contributed by atoms with van der Waals surface area (Å²) in [5, 5.41) is 11.0. The molecule has 3 N–H and O–H groups in total. The molecule has 1 saturated heterocycles. The van der Waals surface area contributed by atoms with Crippen LogP contribution in [0.3, 0.4) is 0 Å². The van der Waals surface area contributed by atoms with Crippen molar-refractivity contribution in [3.8, 4) is 17.2 Å². The molecule has 0 saturated carbocycles. The van der Waals surface area contributed by atoms with Crippen molar-refractivity contribution in [3.05, 3.63) is 30.2 Å². The lowest BCUT2D eigenvalue weighted by atomic mass is 10.0. The quantitative estimate of drug-likeness (QED) is 0.826. The van der Waals surface area contributed by atoms with Gasteiger partial charge in [-0.1, -0.05) is 6.42 Å². The van der Waals surface area contributed by atoms with Gasteiger partial charge in [0.15, 0.2) is 0 Å². The van der Waals surface area contributed by atoms with E-state index in [9.17, 15) is 4.79 Å². The van der Waals surface area contributed by atoms with E-state index in [1.807, 2.05) is 24.3 Å². The van der Waals surface area contributed by atoms with Crippen molar-refractivity contribution >= 4 is 6.03 Å². The number of benzene rings is 1. The molecule has 1 atom stereocenters. The van der Waals surface area contributed by atoms with Gasteiger partial charge in [-0.3, -0.25) is 4.90 Å². The van der Waals surface area contributed by atoms with Gasteiger partial charge < -0.3 is 20.2 Å². The van der Waals surface area contributed by atoms with Gasteiger partial charge in [-0.2, -0.15) is 0 Å². The number of nitrogens with one attached hydrogen (secondary N) is 1. The average molecular weight is 345 g/mol. The van der Waals surface area contributed by atoms with Crippen LogP contribution in [0, 0.1) is 0 Å². The number of primary amides is 1. The van der Waals surface area contributed by atoms with Crippen molar-refractivity contribution in [1.82, 2.24) is 20.4 Å². The maximum Gasteiger partial charge on any atom is 0.312 e. The summed E-state index contributed by atoms with van der Waals surface area (Å²) >= 11 is 0. The predicted octanol–water partition coefficient (Wildman–Crippen LogP) is 1.77. The summed E-state index contributed by atoms with van der Waals surface area (Å²) in [6.45, 7) is 2.04. The number of amides is 2. The number of ether oxygens (including phenoxy) is 1. The fraction of sp³-hybridized carbons (Fsp3) is 0.471. The second-order valence-corrected chi connectivity index (χ2v) is 6.09. The third-order valence-corrected chi connectivity index (χ3v) is 4.40. The number of methoxy groups -OCH3 is 1. The molecular formula is C17H23N5O3. The van der Waals surface area contributed by atoms with Crippen LogP contribution in [0.15, 0.2) is 28.7 Å². The Balaban J connectivity index is 1.65. The largest absolute Gasteiger partial charge is 0.497 e. The molecular weight excluding hydrogens is 322 g/mol. The van der Waals surface area contributed by atoms with Gasteiger partial charge in [0.25, 0.3) is 0 Å². The molecule has 134 valence electrons. The topological polar surface area (TPSA) is 107 Å². The highest BCUT2D eigenvalue weighted by Gasteiger charge is 2.24. The molecule has 8 nitrogen and oxygen atoms in total. The standard InChI is InChI=1S/C17H23N5O3/c1-24-14-7-5-12(6-8-14)16-21-20-15(25-16)11-22-9-3-2-4-13(22)10-19-17(18)23/h5-8,13H,2-4,9-11H2,1H3,(H3,18,19,23). The van der Waals surface area contributed by atoms with E-state index < -0.39 is 6.03 Å². The normalized spacial score (nSPS) is 18.0. The number of carbonyl (C=O) groups excluding carboxylic acids is 1. The summed E-state index contributed by atoms with van der Waals surface area (Å²) in [6, 6.07) is 7.22. The maximum absolute atomic E-state index is 11.0. The van der Waals surface area contributed by atoms with Crippen LogP contribution in [0.1, 0.15) is 25.2 Å². The predicted molar refractivity (Wildman–Crippen MR) is 91.9 cm³/mol. The number of hydrogen-bond donors (Lipinski definition) is 2. The minimum absolute atomic E-state index is 0.234. The van der Waals surface area contributed by atoms with Crippen molar-refractivity contribution in [1.29, 1.82) is 0 Å². The molecule has 0 bridgehead atoms. The number of likely N-dealkylation sites (tertiary alicyclic amines) is 1. The van der Waals surface area contributed by atoms with Crippen LogP contribution in [0.5, 0.6) is 5.75 Å². The van der Waals surface area contributed by atoms with E-state index in [1.165, 1.54) is 0 Å². The van der Waals surface area contributed by atoms with Gasteiger partial charge in [0.05, 0.1) is 13.7 Å². The lowest BCUT2D eigenvalue weighted by Gasteiger charge is -2.34. The van der Waals surface area contributed by atoms with Gasteiger partial charge in [-0.25, -0.2) is 4.79 Å². The second-order valence-electron chi connectivity index (χ2n) is 6.09. The van der Waals surface area contributed by atoms with Crippen LogP contribution in [0.4, 0.5) is 4.79 Å². The molecule has 3 rings (SSSR count). The fourth-order valence-corrected chi connectivity index (χ4v) is 3.06. The molecule has 2 heterocycles. The molecule has 1 aliphatic heterocycles. The van der Waals surface area contributed by atoms with E-state index in [1.54, 1.807) is 7.11 Å². The lowest BCUT2D eigenvalue weighted by Crippen LogP contribution is -2.47. The third kappa shape index (κ3) is 4.48. The van der Waals surface area contributed by atoms with Crippen LogP contribution < -0.4 is 15.8 Å². The van der Waals surface area contributed by atoms with Crippen molar-refractivity contribution < 1.29 is 13.9 Å². The molecule has 1 fully saturated rings. The first-order chi connectivity index (χ1) is 12.2. The van der Waals surface area contributed by atoms with Crippen molar-refractivity contribution in [2.75, 3.05) is 20.2 Å². The number of rotatable bonds is 6. The number of urea groups is 1. The Bertz CT molecular complexity index is 701. The minimum Gasteiger partial charge on any atom is -0.497 e. The van der Waals surface area contributed by atoms with Gasteiger partial charge in [0.1, 0.15) is 5.75 Å². The summed E-state index contributed by atoms with van der Waals surface area (Å²) in [7, 11) is 1.63. The summed E-state index contributed by atoms with van der Waals surface area (Å²) in [6.07, 6.45) is 3.27. The van der Waals surface area contributed by atoms with Crippen LogP contribution in [-0.4, -0.2) is 47.4 Å². The molecule has 25 heavy (non-hydrogen) atoms. The van der Waals surface area contributed by atoms with Crippen molar-refractivity contribution in [2.24, 2.45) is 5.73 Å². The first-order valence-corrected chi connectivity index (χ1v) is 8.40. The molecule has 1 aliphatic rings. The third-order valence-electron chi connectivity index (χ3n) is 4.40. The molecule has 0 aliphatic carbocycles. The van der Waals surface area contributed by atoms with E-state index in [0.717, 1.165) is 37.1 Å². The monoisotopic (exact) mass is 345 g/mol.